The Balaban J connectivity index is 1.50. The summed E-state index contributed by atoms with van der Waals surface area (Å²) in [6.07, 6.45) is 0. The van der Waals surface area contributed by atoms with Crippen molar-refractivity contribution in [3.05, 3.63) is 41.3 Å². The standard InChI is InChI=1S/C16H21FN4O2/c1-12-18-16(19-23-12)11-21-7-5-20(6-8-21)10-13-3-4-15(22-2)14(17)9-13/h3-4,9H,5-8,10-11H2,1-2H3. The van der Waals surface area contributed by atoms with E-state index >= 15 is 0 Å². The monoisotopic (exact) mass is 320 g/mol. The van der Waals surface area contributed by atoms with E-state index in [1.807, 2.05) is 6.07 Å². The summed E-state index contributed by atoms with van der Waals surface area (Å²) in [5.41, 5.74) is 0.963. The minimum absolute atomic E-state index is 0.286. The molecule has 6 nitrogen and oxygen atoms in total. The Kier molecular flexibility index (Phi) is 4.88. The second-order valence-corrected chi connectivity index (χ2v) is 5.75. The molecule has 2 aromatic rings. The molecule has 23 heavy (non-hydrogen) atoms. The van der Waals surface area contributed by atoms with Crippen LogP contribution < -0.4 is 4.74 Å². The molecule has 0 saturated carbocycles. The lowest BCUT2D eigenvalue weighted by Gasteiger charge is -2.34. The van der Waals surface area contributed by atoms with Crippen molar-refractivity contribution in [1.29, 1.82) is 0 Å². The molecule has 1 fully saturated rings. The molecule has 124 valence electrons. The Bertz CT molecular complexity index is 653. The normalized spacial score (nSPS) is 16.7. The summed E-state index contributed by atoms with van der Waals surface area (Å²) in [5, 5.41) is 3.93. The molecule has 1 aromatic heterocycles. The number of rotatable bonds is 5. The number of aromatic nitrogens is 2. The quantitative estimate of drug-likeness (QED) is 0.838. The summed E-state index contributed by atoms with van der Waals surface area (Å²) in [6.45, 7) is 6.99. The van der Waals surface area contributed by atoms with Gasteiger partial charge in [-0.25, -0.2) is 4.39 Å². The van der Waals surface area contributed by atoms with Gasteiger partial charge in [-0.2, -0.15) is 4.98 Å². The highest BCUT2D eigenvalue weighted by Gasteiger charge is 2.19. The number of hydrogen-bond acceptors (Lipinski definition) is 6. The van der Waals surface area contributed by atoms with Gasteiger partial charge in [-0.05, 0) is 17.7 Å². The lowest BCUT2D eigenvalue weighted by Crippen LogP contribution is -2.45. The predicted molar refractivity (Wildman–Crippen MR) is 82.5 cm³/mol. The fourth-order valence-corrected chi connectivity index (χ4v) is 2.78. The molecule has 0 amide bonds. The summed E-state index contributed by atoms with van der Waals surface area (Å²) in [5.74, 6) is 1.30. The summed E-state index contributed by atoms with van der Waals surface area (Å²) >= 11 is 0. The predicted octanol–water partition coefficient (Wildman–Crippen LogP) is 1.84. The molecule has 0 aliphatic carbocycles. The first kappa shape index (κ1) is 15.9. The van der Waals surface area contributed by atoms with Gasteiger partial charge in [0.05, 0.1) is 13.7 Å². The summed E-state index contributed by atoms with van der Waals surface area (Å²) < 4.78 is 23.7. The first-order valence-electron chi connectivity index (χ1n) is 7.70. The molecule has 0 unspecified atom stereocenters. The van der Waals surface area contributed by atoms with Gasteiger partial charge in [0.1, 0.15) is 0 Å². The molecular weight excluding hydrogens is 299 g/mol. The molecule has 0 spiro atoms. The molecule has 0 N–H and O–H groups in total. The van der Waals surface area contributed by atoms with Crippen LogP contribution in [0.1, 0.15) is 17.3 Å². The number of nitrogens with zero attached hydrogens (tertiary/aromatic N) is 4. The third kappa shape index (κ3) is 4.05. The largest absolute Gasteiger partial charge is 0.494 e. The molecule has 0 radical (unpaired) electrons. The van der Waals surface area contributed by atoms with Crippen LogP contribution in [-0.4, -0.2) is 53.2 Å². The molecule has 1 aromatic carbocycles. The summed E-state index contributed by atoms with van der Waals surface area (Å²) in [4.78, 5) is 8.85. The van der Waals surface area contributed by atoms with Crippen LogP contribution in [0.25, 0.3) is 0 Å². The molecule has 1 aliphatic rings. The van der Waals surface area contributed by atoms with E-state index in [4.69, 9.17) is 9.26 Å². The smallest absolute Gasteiger partial charge is 0.223 e. The summed E-state index contributed by atoms with van der Waals surface area (Å²) in [6, 6.07) is 5.14. The van der Waals surface area contributed by atoms with Gasteiger partial charge < -0.3 is 9.26 Å². The van der Waals surface area contributed by atoms with Gasteiger partial charge in [-0.15, -0.1) is 0 Å². The van der Waals surface area contributed by atoms with Gasteiger partial charge in [0.25, 0.3) is 0 Å². The number of benzene rings is 1. The van der Waals surface area contributed by atoms with Gasteiger partial charge >= 0.3 is 0 Å². The van der Waals surface area contributed by atoms with Gasteiger partial charge in [0.2, 0.25) is 5.89 Å². The van der Waals surface area contributed by atoms with Crippen molar-refractivity contribution in [2.45, 2.75) is 20.0 Å². The number of hydrogen-bond donors (Lipinski definition) is 0. The Morgan fingerprint density at radius 1 is 1.17 bits per heavy atom. The minimum Gasteiger partial charge on any atom is -0.494 e. The third-order valence-electron chi connectivity index (χ3n) is 4.02. The van der Waals surface area contributed by atoms with Crippen molar-refractivity contribution in [3.63, 3.8) is 0 Å². The van der Waals surface area contributed by atoms with E-state index in [0.717, 1.165) is 44.1 Å². The van der Waals surface area contributed by atoms with Gasteiger partial charge in [0, 0.05) is 39.6 Å². The highest BCUT2D eigenvalue weighted by molar-refractivity contribution is 5.29. The van der Waals surface area contributed by atoms with Crippen molar-refractivity contribution in [1.82, 2.24) is 19.9 Å². The number of methoxy groups -OCH3 is 1. The van der Waals surface area contributed by atoms with E-state index in [9.17, 15) is 4.39 Å². The molecule has 1 aliphatic heterocycles. The molecule has 2 heterocycles. The van der Waals surface area contributed by atoms with Crippen molar-refractivity contribution >= 4 is 0 Å². The van der Waals surface area contributed by atoms with Crippen LogP contribution in [0.3, 0.4) is 0 Å². The topological polar surface area (TPSA) is 54.6 Å². The Labute approximate surface area is 134 Å². The zero-order valence-corrected chi connectivity index (χ0v) is 13.5. The van der Waals surface area contributed by atoms with Gasteiger partial charge in [-0.1, -0.05) is 11.2 Å². The van der Waals surface area contributed by atoms with Crippen LogP contribution >= 0.6 is 0 Å². The molecular formula is C16H21FN4O2. The van der Waals surface area contributed by atoms with E-state index in [-0.39, 0.29) is 11.6 Å². The second kappa shape index (κ2) is 7.06. The maximum atomic E-state index is 13.7. The van der Waals surface area contributed by atoms with Crippen LogP contribution in [-0.2, 0) is 13.1 Å². The minimum atomic E-state index is -0.309. The number of ether oxygens (including phenoxy) is 1. The SMILES string of the molecule is COc1ccc(CN2CCN(Cc3noc(C)n3)CC2)cc1F. The van der Waals surface area contributed by atoms with E-state index in [0.29, 0.717) is 12.4 Å². The fraction of sp³-hybridized carbons (Fsp3) is 0.500. The van der Waals surface area contributed by atoms with Crippen LogP contribution in [0.4, 0.5) is 4.39 Å². The number of aryl methyl sites for hydroxylation is 1. The van der Waals surface area contributed by atoms with E-state index in [1.165, 1.54) is 7.11 Å². The van der Waals surface area contributed by atoms with E-state index < -0.39 is 0 Å². The molecule has 3 rings (SSSR count). The first-order valence-corrected chi connectivity index (χ1v) is 7.70. The third-order valence-corrected chi connectivity index (χ3v) is 4.02. The molecule has 0 bridgehead atoms. The van der Waals surface area contributed by atoms with Crippen LogP contribution in [0.2, 0.25) is 0 Å². The summed E-state index contributed by atoms with van der Waals surface area (Å²) in [7, 11) is 1.47. The average molecular weight is 320 g/mol. The van der Waals surface area contributed by atoms with Crippen molar-refractivity contribution in [2.75, 3.05) is 33.3 Å². The Morgan fingerprint density at radius 2 is 1.87 bits per heavy atom. The maximum absolute atomic E-state index is 13.7. The van der Waals surface area contributed by atoms with Crippen molar-refractivity contribution < 1.29 is 13.7 Å². The lowest BCUT2D eigenvalue weighted by molar-refractivity contribution is 0.119. The van der Waals surface area contributed by atoms with Crippen LogP contribution in [0.15, 0.2) is 22.7 Å². The number of piperazine rings is 1. The Hall–Kier alpha value is -1.99. The van der Waals surface area contributed by atoms with Crippen molar-refractivity contribution in [2.24, 2.45) is 0 Å². The second-order valence-electron chi connectivity index (χ2n) is 5.75. The molecule has 1 saturated heterocycles. The first-order chi connectivity index (χ1) is 11.1. The molecule has 7 heteroatoms. The van der Waals surface area contributed by atoms with Crippen molar-refractivity contribution in [3.8, 4) is 5.75 Å². The van der Waals surface area contributed by atoms with Gasteiger partial charge in [0.15, 0.2) is 17.4 Å². The van der Waals surface area contributed by atoms with E-state index in [1.54, 1.807) is 19.1 Å². The number of halogens is 1. The molecule has 0 atom stereocenters. The average Bonchev–Trinajstić information content (AvgIpc) is 2.95. The highest BCUT2D eigenvalue weighted by Crippen LogP contribution is 2.19. The lowest BCUT2D eigenvalue weighted by atomic mass is 10.2. The fourth-order valence-electron chi connectivity index (χ4n) is 2.78. The van der Waals surface area contributed by atoms with Crippen LogP contribution in [0.5, 0.6) is 5.75 Å². The zero-order valence-electron chi connectivity index (χ0n) is 13.5. The Morgan fingerprint density at radius 3 is 2.43 bits per heavy atom. The maximum Gasteiger partial charge on any atom is 0.223 e. The zero-order chi connectivity index (χ0) is 16.2. The van der Waals surface area contributed by atoms with Crippen LogP contribution in [0, 0.1) is 12.7 Å². The highest BCUT2D eigenvalue weighted by atomic mass is 19.1. The van der Waals surface area contributed by atoms with E-state index in [2.05, 4.69) is 19.9 Å². The van der Waals surface area contributed by atoms with Gasteiger partial charge in [-0.3, -0.25) is 9.80 Å².